The first-order valence-electron chi connectivity index (χ1n) is 10.1. The number of halogens is 1. The van der Waals surface area contributed by atoms with E-state index in [2.05, 4.69) is 23.2 Å². The molecule has 0 amide bonds. The molecule has 0 radical (unpaired) electrons. The topological polar surface area (TPSA) is 57.1 Å². The number of phenolic OH excluding ortho intramolecular Hbond substituents is 1. The minimum Gasteiger partial charge on any atom is -0.508 e. The highest BCUT2D eigenvalue weighted by molar-refractivity contribution is 14.0. The summed E-state index contributed by atoms with van der Waals surface area (Å²) in [6.07, 6.45) is 7.00. The quantitative estimate of drug-likeness (QED) is 0.391. The third-order valence-corrected chi connectivity index (χ3v) is 6.27. The van der Waals surface area contributed by atoms with Crippen molar-refractivity contribution in [3.63, 3.8) is 0 Å². The Kier molecular flexibility index (Phi) is 6.89. The average Bonchev–Trinajstić information content (AvgIpc) is 3.30. The zero-order valence-electron chi connectivity index (χ0n) is 16.3. The van der Waals surface area contributed by atoms with Gasteiger partial charge in [0.25, 0.3) is 0 Å². The first-order chi connectivity index (χ1) is 12.7. The molecule has 2 saturated heterocycles. The van der Waals surface area contributed by atoms with Crippen molar-refractivity contribution in [1.82, 2.24) is 10.2 Å². The van der Waals surface area contributed by atoms with E-state index in [-0.39, 0.29) is 24.0 Å². The van der Waals surface area contributed by atoms with Crippen molar-refractivity contribution >= 4 is 29.9 Å². The Bertz CT molecular complexity index is 686. The Morgan fingerprint density at radius 1 is 1.30 bits per heavy atom. The van der Waals surface area contributed by atoms with Gasteiger partial charge < -0.3 is 20.1 Å². The lowest BCUT2D eigenvalue weighted by Gasteiger charge is -2.25. The largest absolute Gasteiger partial charge is 0.508 e. The van der Waals surface area contributed by atoms with Gasteiger partial charge in [0.15, 0.2) is 5.96 Å². The van der Waals surface area contributed by atoms with E-state index >= 15 is 0 Å². The van der Waals surface area contributed by atoms with Gasteiger partial charge in [0.05, 0.1) is 13.2 Å². The normalized spacial score (nSPS) is 24.8. The maximum Gasteiger partial charge on any atom is 0.194 e. The number of fused-ring (bicyclic) bond motifs is 1. The summed E-state index contributed by atoms with van der Waals surface area (Å²) in [5.74, 6) is 1.37. The summed E-state index contributed by atoms with van der Waals surface area (Å²) >= 11 is 0. The number of guanidine groups is 1. The molecule has 1 aromatic rings. The number of hydrogen-bond donors (Lipinski definition) is 2. The van der Waals surface area contributed by atoms with Crippen molar-refractivity contribution in [3.05, 3.63) is 28.8 Å². The minimum absolute atomic E-state index is 0. The zero-order valence-corrected chi connectivity index (χ0v) is 18.6. The van der Waals surface area contributed by atoms with E-state index in [1.54, 1.807) is 0 Å². The van der Waals surface area contributed by atoms with Gasteiger partial charge in [0.2, 0.25) is 0 Å². The molecule has 0 aromatic heterocycles. The van der Waals surface area contributed by atoms with Crippen LogP contribution >= 0.6 is 24.0 Å². The number of aryl methyl sites for hydroxylation is 1. The predicted molar refractivity (Wildman–Crippen MR) is 119 cm³/mol. The van der Waals surface area contributed by atoms with Crippen LogP contribution in [-0.2, 0) is 24.1 Å². The third kappa shape index (κ3) is 4.36. The van der Waals surface area contributed by atoms with E-state index in [1.807, 2.05) is 6.07 Å². The fraction of sp³-hybridized carbons (Fsp3) is 0.667. The highest BCUT2D eigenvalue weighted by Gasteiger charge is 2.42. The predicted octanol–water partition coefficient (Wildman–Crippen LogP) is 3.47. The molecule has 4 rings (SSSR count). The van der Waals surface area contributed by atoms with E-state index in [1.165, 1.54) is 30.4 Å². The zero-order chi connectivity index (χ0) is 18.0. The number of hydrogen-bond acceptors (Lipinski definition) is 3. The van der Waals surface area contributed by atoms with Crippen molar-refractivity contribution in [3.8, 4) is 5.75 Å². The summed E-state index contributed by atoms with van der Waals surface area (Å²) in [6, 6.07) is 3.94. The Labute approximate surface area is 179 Å². The molecule has 2 heterocycles. The molecule has 6 heteroatoms. The Morgan fingerprint density at radius 3 is 2.93 bits per heavy atom. The molecule has 27 heavy (non-hydrogen) atoms. The number of aliphatic imine (C=N–C) groups is 1. The third-order valence-electron chi connectivity index (χ3n) is 6.27. The van der Waals surface area contributed by atoms with Gasteiger partial charge in [0.1, 0.15) is 5.75 Å². The second-order valence-electron chi connectivity index (χ2n) is 8.05. The van der Waals surface area contributed by atoms with Crippen molar-refractivity contribution in [2.45, 2.75) is 52.0 Å². The summed E-state index contributed by atoms with van der Waals surface area (Å²) in [5.41, 5.74) is 4.07. The SMILES string of the molecule is CCNC(=NCc1c(O)ccc2c1CCCC2)N1CCC2(CCOC2)C1.I. The molecule has 1 spiro atoms. The van der Waals surface area contributed by atoms with Crippen LogP contribution in [0.4, 0.5) is 0 Å². The van der Waals surface area contributed by atoms with Gasteiger partial charge in [0, 0.05) is 37.2 Å². The standard InChI is InChI=1S/C21H31N3O2.HI/c1-2-22-20(24-11-9-21(14-24)10-12-26-15-21)23-13-18-17-6-4-3-5-16(17)7-8-19(18)25;/h7-8,25H,2-6,9-15H2,1H3,(H,22,23);1H. The van der Waals surface area contributed by atoms with E-state index in [0.717, 1.165) is 63.6 Å². The summed E-state index contributed by atoms with van der Waals surface area (Å²) in [5, 5.41) is 13.9. The van der Waals surface area contributed by atoms with Crippen LogP contribution < -0.4 is 5.32 Å². The lowest BCUT2D eigenvalue weighted by atomic mass is 9.87. The second-order valence-corrected chi connectivity index (χ2v) is 8.05. The number of phenols is 1. The van der Waals surface area contributed by atoms with Gasteiger partial charge in [-0.05, 0) is 62.6 Å². The molecule has 0 bridgehead atoms. The number of benzene rings is 1. The molecule has 2 fully saturated rings. The van der Waals surface area contributed by atoms with Crippen LogP contribution in [0.25, 0.3) is 0 Å². The number of likely N-dealkylation sites (tertiary alicyclic amines) is 1. The van der Waals surface area contributed by atoms with Crippen molar-refractivity contribution in [2.24, 2.45) is 10.4 Å². The first kappa shape index (κ1) is 20.7. The molecule has 1 aliphatic carbocycles. The molecule has 0 saturated carbocycles. The molecule has 1 unspecified atom stereocenters. The summed E-state index contributed by atoms with van der Waals surface area (Å²) in [7, 11) is 0. The summed E-state index contributed by atoms with van der Waals surface area (Å²) in [4.78, 5) is 7.30. The fourth-order valence-corrected chi connectivity index (χ4v) is 4.74. The number of rotatable bonds is 3. The minimum atomic E-state index is 0. The second kappa shape index (κ2) is 8.99. The van der Waals surface area contributed by atoms with Crippen molar-refractivity contribution < 1.29 is 9.84 Å². The molecule has 1 aromatic carbocycles. The number of aromatic hydroxyl groups is 1. The van der Waals surface area contributed by atoms with Gasteiger partial charge >= 0.3 is 0 Å². The molecule has 2 N–H and O–H groups in total. The molecule has 1 atom stereocenters. The first-order valence-corrected chi connectivity index (χ1v) is 10.1. The van der Waals surface area contributed by atoms with Crippen LogP contribution in [0.15, 0.2) is 17.1 Å². The Morgan fingerprint density at radius 2 is 2.15 bits per heavy atom. The van der Waals surface area contributed by atoms with E-state index in [9.17, 15) is 5.11 Å². The van der Waals surface area contributed by atoms with E-state index in [4.69, 9.17) is 9.73 Å². The number of nitrogens with zero attached hydrogens (tertiary/aromatic N) is 2. The maximum absolute atomic E-state index is 10.4. The van der Waals surface area contributed by atoms with Crippen LogP contribution in [0.3, 0.4) is 0 Å². The van der Waals surface area contributed by atoms with Crippen LogP contribution in [0.5, 0.6) is 5.75 Å². The number of nitrogens with one attached hydrogen (secondary N) is 1. The van der Waals surface area contributed by atoms with Crippen LogP contribution in [0, 0.1) is 5.41 Å². The lowest BCUT2D eigenvalue weighted by molar-refractivity contribution is 0.156. The fourth-order valence-electron chi connectivity index (χ4n) is 4.74. The Balaban J connectivity index is 0.00000210. The lowest BCUT2D eigenvalue weighted by Crippen LogP contribution is -2.41. The van der Waals surface area contributed by atoms with E-state index < -0.39 is 0 Å². The Hall–Kier alpha value is -1.02. The van der Waals surface area contributed by atoms with Gasteiger partial charge in [-0.25, -0.2) is 4.99 Å². The smallest absolute Gasteiger partial charge is 0.194 e. The van der Waals surface area contributed by atoms with Gasteiger partial charge in [-0.1, -0.05) is 6.07 Å². The molecule has 3 aliphatic rings. The van der Waals surface area contributed by atoms with E-state index in [0.29, 0.717) is 17.7 Å². The monoisotopic (exact) mass is 485 g/mol. The molecule has 5 nitrogen and oxygen atoms in total. The summed E-state index contributed by atoms with van der Waals surface area (Å²) in [6.45, 7) is 7.37. The van der Waals surface area contributed by atoms with Gasteiger partial charge in [-0.2, -0.15) is 0 Å². The maximum atomic E-state index is 10.4. The molecule has 150 valence electrons. The molecular weight excluding hydrogens is 453 g/mol. The highest BCUT2D eigenvalue weighted by Crippen LogP contribution is 2.38. The van der Waals surface area contributed by atoms with Gasteiger partial charge in [-0.15, -0.1) is 24.0 Å². The van der Waals surface area contributed by atoms with Gasteiger partial charge in [-0.3, -0.25) is 0 Å². The molecule has 2 aliphatic heterocycles. The van der Waals surface area contributed by atoms with Crippen LogP contribution in [0.1, 0.15) is 49.3 Å². The van der Waals surface area contributed by atoms with Crippen molar-refractivity contribution in [1.29, 1.82) is 0 Å². The average molecular weight is 485 g/mol. The molecular formula is C21H32IN3O2. The van der Waals surface area contributed by atoms with Crippen LogP contribution in [-0.4, -0.2) is 48.8 Å². The highest BCUT2D eigenvalue weighted by atomic mass is 127. The number of ether oxygens (including phenoxy) is 1. The van der Waals surface area contributed by atoms with Crippen molar-refractivity contribution in [2.75, 3.05) is 32.8 Å². The van der Waals surface area contributed by atoms with Crippen LogP contribution in [0.2, 0.25) is 0 Å². The summed E-state index contributed by atoms with van der Waals surface area (Å²) < 4.78 is 5.66.